The lowest BCUT2D eigenvalue weighted by molar-refractivity contribution is -0.142. The summed E-state index contributed by atoms with van der Waals surface area (Å²) in [6.45, 7) is 3.35. The minimum absolute atomic E-state index is 0.00183. The van der Waals surface area contributed by atoms with Crippen LogP contribution >= 0.6 is 11.3 Å². The molecule has 1 atom stereocenters. The molecule has 1 unspecified atom stereocenters. The molecule has 4 heterocycles. The van der Waals surface area contributed by atoms with Crippen LogP contribution in [0.4, 0.5) is 0 Å². The maximum absolute atomic E-state index is 13.0. The predicted octanol–water partition coefficient (Wildman–Crippen LogP) is 0.996. The largest absolute Gasteiger partial charge is 0.368 e. The van der Waals surface area contributed by atoms with E-state index >= 15 is 0 Å². The molecule has 3 saturated heterocycles. The van der Waals surface area contributed by atoms with Gasteiger partial charge in [0.1, 0.15) is 15.9 Å². The molecule has 1 aromatic heterocycles. The number of nitrogens with zero attached hydrogens (tertiary/aromatic N) is 3. The fraction of sp³-hybridized carbons (Fsp3) is 0.667. The van der Waals surface area contributed by atoms with Gasteiger partial charge in [-0.1, -0.05) is 0 Å². The Morgan fingerprint density at radius 2 is 1.68 bits per heavy atom. The zero-order chi connectivity index (χ0) is 19.7. The Kier molecular flexibility index (Phi) is 5.73. The van der Waals surface area contributed by atoms with E-state index < -0.39 is 10.0 Å². The van der Waals surface area contributed by atoms with Crippen LogP contribution in [-0.4, -0.2) is 86.3 Å². The molecule has 28 heavy (non-hydrogen) atoms. The van der Waals surface area contributed by atoms with Crippen molar-refractivity contribution < 1.29 is 22.7 Å². The summed E-state index contributed by atoms with van der Waals surface area (Å²) in [5.74, 6) is -0.269. The Labute approximate surface area is 169 Å². The summed E-state index contributed by atoms with van der Waals surface area (Å²) in [5.41, 5.74) is 0. The number of ether oxygens (including phenoxy) is 1. The van der Waals surface area contributed by atoms with E-state index in [1.807, 2.05) is 0 Å². The first-order chi connectivity index (χ1) is 13.5. The molecule has 1 aromatic rings. The minimum Gasteiger partial charge on any atom is -0.368 e. The van der Waals surface area contributed by atoms with Crippen LogP contribution in [0.3, 0.4) is 0 Å². The topological polar surface area (TPSA) is 87.2 Å². The molecule has 0 saturated carbocycles. The van der Waals surface area contributed by atoms with Crippen molar-refractivity contribution in [1.82, 2.24) is 14.1 Å². The zero-order valence-corrected chi connectivity index (χ0v) is 17.3. The van der Waals surface area contributed by atoms with Gasteiger partial charge in [0.2, 0.25) is 10.0 Å². The van der Waals surface area contributed by atoms with Gasteiger partial charge in [-0.05, 0) is 37.1 Å². The van der Waals surface area contributed by atoms with Crippen molar-refractivity contribution in [3.8, 4) is 0 Å². The van der Waals surface area contributed by atoms with Crippen molar-refractivity contribution in [2.24, 2.45) is 0 Å². The molecule has 3 aliphatic rings. The molecule has 0 aliphatic carbocycles. The van der Waals surface area contributed by atoms with Gasteiger partial charge in [-0.15, -0.1) is 11.3 Å². The van der Waals surface area contributed by atoms with Crippen LogP contribution in [0.2, 0.25) is 0 Å². The maximum atomic E-state index is 13.0. The third-order valence-electron chi connectivity index (χ3n) is 5.59. The van der Waals surface area contributed by atoms with Crippen LogP contribution in [0.5, 0.6) is 0 Å². The first-order valence-corrected chi connectivity index (χ1v) is 12.1. The van der Waals surface area contributed by atoms with Crippen molar-refractivity contribution in [3.63, 3.8) is 0 Å². The van der Waals surface area contributed by atoms with Gasteiger partial charge < -0.3 is 14.5 Å². The van der Waals surface area contributed by atoms with E-state index in [-0.39, 0.29) is 27.7 Å². The van der Waals surface area contributed by atoms with Crippen LogP contribution in [0.1, 0.15) is 35.4 Å². The van der Waals surface area contributed by atoms with Gasteiger partial charge in [-0.3, -0.25) is 9.59 Å². The molecule has 2 amide bonds. The first kappa shape index (κ1) is 19.8. The Hall–Kier alpha value is -1.49. The average Bonchev–Trinajstić information content (AvgIpc) is 3.48. The van der Waals surface area contributed by atoms with Crippen LogP contribution in [-0.2, 0) is 19.6 Å². The molecule has 0 spiro atoms. The molecule has 0 radical (unpaired) electrons. The first-order valence-electron chi connectivity index (χ1n) is 9.76. The van der Waals surface area contributed by atoms with Crippen molar-refractivity contribution >= 4 is 33.2 Å². The lowest BCUT2D eigenvalue weighted by Crippen LogP contribution is -2.52. The second-order valence-corrected chi connectivity index (χ2v) is 10.2. The highest BCUT2D eigenvalue weighted by atomic mass is 32.2. The molecule has 0 aromatic carbocycles. The molecule has 3 fully saturated rings. The second kappa shape index (κ2) is 8.10. The molecule has 10 heteroatoms. The summed E-state index contributed by atoms with van der Waals surface area (Å²) in [4.78, 5) is 29.2. The molecular weight excluding hydrogens is 402 g/mol. The van der Waals surface area contributed by atoms with Crippen molar-refractivity contribution in [2.45, 2.75) is 36.7 Å². The maximum Gasteiger partial charge on any atom is 0.265 e. The molecule has 3 aliphatic heterocycles. The number of hydrogen-bond donors (Lipinski definition) is 0. The fourth-order valence-electron chi connectivity index (χ4n) is 3.97. The normalized spacial score (nSPS) is 24.1. The summed E-state index contributed by atoms with van der Waals surface area (Å²) >= 11 is 1.17. The summed E-state index contributed by atoms with van der Waals surface area (Å²) in [6.07, 6.45) is 3.02. The number of carbonyl (C=O) groups is 2. The van der Waals surface area contributed by atoms with Crippen LogP contribution in [0.25, 0.3) is 0 Å². The molecule has 8 nitrogen and oxygen atoms in total. The molecule has 0 bridgehead atoms. The quantitative estimate of drug-likeness (QED) is 0.715. The third-order valence-corrected chi connectivity index (χ3v) is 8.56. The molecule has 0 N–H and O–H groups in total. The van der Waals surface area contributed by atoms with E-state index in [0.29, 0.717) is 45.9 Å². The van der Waals surface area contributed by atoms with E-state index in [1.54, 1.807) is 15.2 Å². The summed E-state index contributed by atoms with van der Waals surface area (Å²) in [6, 6.07) is 1.53. The second-order valence-electron chi connectivity index (χ2n) is 7.34. The van der Waals surface area contributed by atoms with Crippen LogP contribution < -0.4 is 0 Å². The number of rotatable bonds is 4. The van der Waals surface area contributed by atoms with Gasteiger partial charge in [0.15, 0.2) is 0 Å². The number of amides is 2. The molecule has 154 valence electrons. The van der Waals surface area contributed by atoms with Gasteiger partial charge in [-0.25, -0.2) is 8.42 Å². The van der Waals surface area contributed by atoms with Crippen molar-refractivity contribution in [3.05, 3.63) is 16.3 Å². The van der Waals surface area contributed by atoms with Gasteiger partial charge in [0.05, 0.1) is 0 Å². The molecule has 4 rings (SSSR count). The lowest BCUT2D eigenvalue weighted by atomic mass is 10.2. The van der Waals surface area contributed by atoms with Gasteiger partial charge in [0, 0.05) is 45.9 Å². The van der Waals surface area contributed by atoms with E-state index in [1.165, 1.54) is 21.7 Å². The highest BCUT2D eigenvalue weighted by Crippen LogP contribution is 2.29. The summed E-state index contributed by atoms with van der Waals surface area (Å²) in [5, 5.41) is 1.66. The van der Waals surface area contributed by atoms with Gasteiger partial charge >= 0.3 is 0 Å². The Balaban J connectivity index is 1.42. The van der Waals surface area contributed by atoms with E-state index in [0.717, 1.165) is 25.7 Å². The van der Waals surface area contributed by atoms with Gasteiger partial charge in [0.25, 0.3) is 11.8 Å². The van der Waals surface area contributed by atoms with E-state index in [2.05, 4.69) is 0 Å². The Morgan fingerprint density at radius 3 is 2.32 bits per heavy atom. The minimum atomic E-state index is -3.63. The highest BCUT2D eigenvalue weighted by Gasteiger charge is 2.35. The number of piperazine rings is 1. The van der Waals surface area contributed by atoms with Crippen molar-refractivity contribution in [1.29, 1.82) is 0 Å². The van der Waals surface area contributed by atoms with Crippen LogP contribution in [0.15, 0.2) is 16.3 Å². The number of hydrogen-bond acceptors (Lipinski definition) is 6. The standard InChI is InChI=1S/C18H25N3O5S2/c22-17(14-4-3-12-26-14)19-8-10-20(11-9-19)18(23)16-15(5-13-27-16)28(24,25)21-6-1-2-7-21/h5,13-14H,1-4,6-12H2. The SMILES string of the molecule is O=C(c1sccc1S(=O)(=O)N1CCCC1)N1CCN(C(=O)C2CCCO2)CC1. The number of thiophene rings is 1. The average molecular weight is 428 g/mol. The van der Waals surface area contributed by atoms with Gasteiger partial charge in [-0.2, -0.15) is 4.31 Å². The zero-order valence-electron chi connectivity index (χ0n) is 15.7. The Morgan fingerprint density at radius 1 is 1.00 bits per heavy atom. The van der Waals surface area contributed by atoms with Crippen molar-refractivity contribution in [2.75, 3.05) is 45.9 Å². The summed E-state index contributed by atoms with van der Waals surface area (Å²) < 4.78 is 32.7. The fourth-order valence-corrected chi connectivity index (χ4v) is 6.85. The van der Waals surface area contributed by atoms with E-state index in [4.69, 9.17) is 4.74 Å². The number of sulfonamides is 1. The lowest BCUT2D eigenvalue weighted by Gasteiger charge is -2.35. The van der Waals surface area contributed by atoms with Crippen LogP contribution in [0, 0.1) is 0 Å². The predicted molar refractivity (Wildman–Crippen MR) is 104 cm³/mol. The highest BCUT2D eigenvalue weighted by molar-refractivity contribution is 7.89. The molecular formula is C18H25N3O5S2. The summed E-state index contributed by atoms with van der Waals surface area (Å²) in [7, 11) is -3.63. The smallest absolute Gasteiger partial charge is 0.265 e. The monoisotopic (exact) mass is 427 g/mol. The van der Waals surface area contributed by atoms with E-state index in [9.17, 15) is 18.0 Å². The Bertz CT molecular complexity index is 833. The third kappa shape index (κ3) is 3.70. The number of carbonyl (C=O) groups excluding carboxylic acids is 2.